The second-order valence-corrected chi connectivity index (χ2v) is 18.4. The molecular weight excluding hydrogens is 837 g/mol. The highest BCUT2D eigenvalue weighted by Crippen LogP contribution is 2.57. The van der Waals surface area contributed by atoms with Gasteiger partial charge in [0.15, 0.2) is 11.6 Å². The smallest absolute Gasteiger partial charge is 0.381 e. The first-order chi connectivity index (χ1) is 31.4. The van der Waals surface area contributed by atoms with E-state index in [1.807, 2.05) is 28.8 Å². The average Bonchev–Trinajstić information content (AvgIpc) is 3.83. The van der Waals surface area contributed by atoms with E-state index in [-0.39, 0.29) is 29.4 Å². The molecule has 8 aromatic rings. The molecule has 65 heavy (non-hydrogen) atoms. The second-order valence-electron chi connectivity index (χ2n) is 18.4. The maximum atomic E-state index is 16.4. The molecule has 0 radical (unpaired) electrons. The maximum absolute atomic E-state index is 16.4. The molecule has 0 amide bonds. The zero-order valence-corrected chi connectivity index (χ0v) is 36.3. The summed E-state index contributed by atoms with van der Waals surface area (Å²) >= 11 is 0. The van der Waals surface area contributed by atoms with E-state index in [9.17, 15) is 14.7 Å². The van der Waals surface area contributed by atoms with Gasteiger partial charge in [-0.25, -0.2) is 23.1 Å². The lowest BCUT2D eigenvalue weighted by Gasteiger charge is -2.38. The Balaban J connectivity index is 0.996. The zero-order valence-electron chi connectivity index (χ0n) is 36.3. The number of hydrogen-bond acceptors (Lipinski definition) is 10. The Labute approximate surface area is 369 Å². The van der Waals surface area contributed by atoms with E-state index in [0.717, 1.165) is 42.3 Å². The van der Waals surface area contributed by atoms with Crippen LogP contribution < -0.4 is 11.4 Å². The Hall–Kier alpha value is -6.50. The van der Waals surface area contributed by atoms with Crippen molar-refractivity contribution in [3.63, 3.8) is 0 Å². The van der Waals surface area contributed by atoms with Crippen LogP contribution in [-0.2, 0) is 16.7 Å². The third-order valence-electron chi connectivity index (χ3n) is 14.5. The van der Waals surface area contributed by atoms with Crippen molar-refractivity contribution in [2.45, 2.75) is 96.0 Å². The minimum absolute atomic E-state index is 0.0219. The maximum Gasteiger partial charge on any atom is 0.438 e. The number of fused-ring (bicyclic) bond motifs is 3. The first-order valence-corrected chi connectivity index (χ1v) is 22.4. The molecule has 16 nitrogen and oxygen atoms in total. The van der Waals surface area contributed by atoms with Crippen molar-refractivity contribution in [3.8, 4) is 17.2 Å². The third-order valence-corrected chi connectivity index (χ3v) is 14.5. The van der Waals surface area contributed by atoms with Crippen LogP contribution in [0.5, 0.6) is 0 Å². The van der Waals surface area contributed by atoms with Crippen molar-refractivity contribution in [3.05, 3.63) is 133 Å². The number of pyridine rings is 1. The number of benzene rings is 2. The van der Waals surface area contributed by atoms with Crippen molar-refractivity contribution in [1.29, 1.82) is 0 Å². The summed E-state index contributed by atoms with van der Waals surface area (Å²) in [6.07, 6.45) is 10.0. The van der Waals surface area contributed by atoms with Gasteiger partial charge in [0.25, 0.3) is 0 Å². The summed E-state index contributed by atoms with van der Waals surface area (Å²) < 4.78 is 50.5. The molecule has 2 aromatic carbocycles. The Kier molecular flexibility index (Phi) is 8.93. The highest BCUT2D eigenvalue weighted by atomic mass is 19.1. The minimum Gasteiger partial charge on any atom is -0.381 e. The number of hydrogen-bond donors (Lipinski definition) is 2. The fourth-order valence-corrected chi connectivity index (χ4v) is 10.8. The van der Waals surface area contributed by atoms with Crippen LogP contribution in [0.4, 0.5) is 8.78 Å². The van der Waals surface area contributed by atoms with Crippen LogP contribution in [0.3, 0.4) is 0 Å². The van der Waals surface area contributed by atoms with Crippen molar-refractivity contribution >= 4 is 21.8 Å². The van der Waals surface area contributed by atoms with Gasteiger partial charge in [0.05, 0.1) is 57.6 Å². The largest absolute Gasteiger partial charge is 0.438 e. The normalized spacial score (nSPS) is 22.0. The molecule has 18 heteroatoms. The van der Waals surface area contributed by atoms with Crippen LogP contribution >= 0.6 is 0 Å². The molecule has 3 fully saturated rings. The molecule has 2 aliphatic carbocycles. The Morgan fingerprint density at radius 2 is 1.69 bits per heavy atom. The number of aliphatic hydroxyl groups is 1. The monoisotopic (exact) mass is 883 g/mol. The Morgan fingerprint density at radius 3 is 2.40 bits per heavy atom. The number of aliphatic hydroxyl groups excluding tert-OH is 1. The summed E-state index contributed by atoms with van der Waals surface area (Å²) in [6, 6.07) is 10.6. The van der Waals surface area contributed by atoms with E-state index >= 15 is 8.78 Å². The quantitative estimate of drug-likeness (QED) is 0.159. The third kappa shape index (κ3) is 6.02. The Morgan fingerprint density at radius 1 is 0.938 bits per heavy atom. The SMILES string of the molecule is Cc1cc(-n2nc3c(c2-n2ccn(-c4ccc5c(cnn5C5CC5)c4F)c2=O)[C@H](C)N(C(O)c2cc4cc(C5CCOCC5)ncc4n2[C@@]2(c4noc(=O)[nH]4)C[C@@H]2C)CC3)cc(C)c1F. The van der Waals surface area contributed by atoms with Gasteiger partial charge < -0.3 is 14.4 Å². The molecule has 0 bridgehead atoms. The molecule has 0 spiro atoms. The summed E-state index contributed by atoms with van der Waals surface area (Å²) in [4.78, 5) is 36.9. The summed E-state index contributed by atoms with van der Waals surface area (Å²) in [7, 11) is 0. The number of nitrogens with zero attached hydrogens (tertiary/aromatic N) is 10. The molecule has 2 saturated carbocycles. The number of H-pyrrole nitrogens is 1. The molecule has 4 atom stereocenters. The van der Waals surface area contributed by atoms with E-state index in [1.54, 1.807) is 49.0 Å². The van der Waals surface area contributed by atoms with E-state index in [4.69, 9.17) is 19.3 Å². The van der Waals surface area contributed by atoms with Gasteiger partial charge in [-0.2, -0.15) is 10.2 Å². The predicted molar refractivity (Wildman–Crippen MR) is 234 cm³/mol. The molecule has 8 heterocycles. The molecule has 2 aliphatic heterocycles. The van der Waals surface area contributed by atoms with Crippen molar-refractivity contribution < 1.29 is 23.1 Å². The number of ether oxygens (including phenoxy) is 1. The first kappa shape index (κ1) is 40.0. The topological polar surface area (TPSA) is 172 Å². The van der Waals surface area contributed by atoms with Gasteiger partial charge in [-0.1, -0.05) is 12.1 Å². The number of aryl methyl sites for hydroxylation is 2. The van der Waals surface area contributed by atoms with E-state index in [1.165, 1.54) is 21.5 Å². The highest BCUT2D eigenvalue weighted by molar-refractivity contribution is 5.83. The summed E-state index contributed by atoms with van der Waals surface area (Å²) in [5.41, 5.74) is 4.45. The molecule has 1 unspecified atom stereocenters. The van der Waals surface area contributed by atoms with E-state index < -0.39 is 35.1 Å². The lowest BCUT2D eigenvalue weighted by atomic mass is 9.95. The lowest BCUT2D eigenvalue weighted by Crippen LogP contribution is -2.39. The number of nitrogens with one attached hydrogen (secondary N) is 1. The number of rotatable bonds is 9. The first-order valence-electron chi connectivity index (χ1n) is 22.4. The van der Waals surface area contributed by atoms with Crippen LogP contribution in [0.25, 0.3) is 39.0 Å². The van der Waals surface area contributed by atoms with Gasteiger partial charge >= 0.3 is 11.4 Å². The molecule has 334 valence electrons. The molecular formula is C47H47F2N11O5. The van der Waals surface area contributed by atoms with Crippen molar-refractivity contribution in [2.24, 2.45) is 5.92 Å². The van der Waals surface area contributed by atoms with Crippen LogP contribution in [0.2, 0.25) is 0 Å². The van der Waals surface area contributed by atoms with Crippen LogP contribution in [-0.4, -0.2) is 78.2 Å². The molecule has 4 aliphatic rings. The molecule has 6 aromatic heterocycles. The number of halogens is 2. The summed E-state index contributed by atoms with van der Waals surface area (Å²) in [6.45, 7) is 9.13. The zero-order chi connectivity index (χ0) is 44.6. The number of aromatic nitrogens is 10. The standard InChI is InChI=1S/C47H47F2N11O5/c1-24-17-31(18-25(2)40(24)48)60-42(57-14-13-56(46(57)63)36-8-7-35-32(41(36)49)22-51-59(35)30-5-6-30)39-27(4)55(12-9-33(39)53-60)43(61)37-20-29-19-34(28-10-15-64-16-11-28)50-23-38(29)58(37)47(21-26(47)3)44-52-45(62)65-54-44/h7-8,13-14,17-20,22-23,26-28,30,43,61H,5-6,9-12,15-16,21H2,1-4H3,(H,52,54,62)/t26-,27-,43?,47-/m0/s1. The van der Waals surface area contributed by atoms with Gasteiger partial charge in [0.1, 0.15) is 23.4 Å². The average molecular weight is 884 g/mol. The summed E-state index contributed by atoms with van der Waals surface area (Å²) in [5, 5.41) is 27.8. The van der Waals surface area contributed by atoms with Crippen molar-refractivity contribution in [2.75, 3.05) is 19.8 Å². The van der Waals surface area contributed by atoms with Gasteiger partial charge in [-0.15, -0.1) is 0 Å². The van der Waals surface area contributed by atoms with Gasteiger partial charge in [0.2, 0.25) is 0 Å². The highest BCUT2D eigenvalue weighted by Gasteiger charge is 2.59. The van der Waals surface area contributed by atoms with Gasteiger partial charge in [-0.05, 0) is 106 Å². The predicted octanol–water partition coefficient (Wildman–Crippen LogP) is 6.71. The van der Waals surface area contributed by atoms with Gasteiger partial charge in [-0.3, -0.25) is 33.2 Å². The lowest BCUT2D eigenvalue weighted by molar-refractivity contribution is -0.0341. The molecule has 12 rings (SSSR count). The second kappa shape index (κ2) is 14.5. The van der Waals surface area contributed by atoms with Crippen LogP contribution in [0.1, 0.15) is 110 Å². The number of aromatic amines is 1. The minimum atomic E-state index is -1.20. The van der Waals surface area contributed by atoms with E-state index in [0.29, 0.717) is 88.9 Å². The van der Waals surface area contributed by atoms with Gasteiger partial charge in [0, 0.05) is 67.2 Å². The van der Waals surface area contributed by atoms with Crippen molar-refractivity contribution in [1.82, 2.24) is 53.3 Å². The molecule has 2 N–H and O–H groups in total. The Bertz CT molecular complexity index is 3320. The number of imidazole rings is 1. The molecule has 1 saturated heterocycles. The van der Waals surface area contributed by atoms with Crippen LogP contribution in [0, 0.1) is 31.4 Å². The fraction of sp³-hybridized carbons (Fsp3) is 0.404. The van der Waals surface area contributed by atoms with Crippen LogP contribution in [0.15, 0.2) is 75.3 Å². The summed E-state index contributed by atoms with van der Waals surface area (Å²) in [5.74, 6) is -0.542. The fourth-order valence-electron chi connectivity index (χ4n) is 10.8. The van der Waals surface area contributed by atoms with E-state index in [2.05, 4.69) is 32.8 Å².